The van der Waals surface area contributed by atoms with Crippen molar-refractivity contribution in [2.24, 2.45) is 0 Å². The second-order valence-electron chi connectivity index (χ2n) is 3.19. The SMILES string of the molecule is O=C(Cc1ccco1)c1cccc(I)c1. The van der Waals surface area contributed by atoms with Gasteiger partial charge in [-0.15, -0.1) is 0 Å². The predicted molar refractivity (Wildman–Crippen MR) is 65.9 cm³/mol. The zero-order valence-corrected chi connectivity index (χ0v) is 10.1. The molecule has 1 aromatic carbocycles. The van der Waals surface area contributed by atoms with Crippen LogP contribution < -0.4 is 0 Å². The van der Waals surface area contributed by atoms with Crippen LogP contribution in [0.1, 0.15) is 16.1 Å². The van der Waals surface area contributed by atoms with Crippen molar-refractivity contribution >= 4 is 28.4 Å². The molecule has 2 rings (SSSR count). The van der Waals surface area contributed by atoms with Gasteiger partial charge >= 0.3 is 0 Å². The summed E-state index contributed by atoms with van der Waals surface area (Å²) >= 11 is 2.19. The van der Waals surface area contributed by atoms with Crippen LogP contribution in [0.4, 0.5) is 0 Å². The third-order valence-electron chi connectivity index (χ3n) is 2.06. The van der Waals surface area contributed by atoms with Gasteiger partial charge in [0, 0.05) is 9.13 Å². The molecule has 0 spiro atoms. The molecule has 2 nitrogen and oxygen atoms in total. The standard InChI is InChI=1S/C12H9IO2/c13-10-4-1-3-9(7-10)12(14)8-11-5-2-6-15-11/h1-7H,8H2. The average Bonchev–Trinajstić information content (AvgIpc) is 2.70. The maximum atomic E-state index is 11.8. The Morgan fingerprint density at radius 1 is 1.27 bits per heavy atom. The number of hydrogen-bond acceptors (Lipinski definition) is 2. The van der Waals surface area contributed by atoms with Crippen LogP contribution in [0.2, 0.25) is 0 Å². The molecule has 3 heteroatoms. The van der Waals surface area contributed by atoms with Gasteiger partial charge in [-0.2, -0.15) is 0 Å². The van der Waals surface area contributed by atoms with Gasteiger partial charge in [0.05, 0.1) is 12.7 Å². The van der Waals surface area contributed by atoms with Crippen molar-refractivity contribution in [2.75, 3.05) is 0 Å². The molecule has 2 aromatic rings. The fourth-order valence-electron chi connectivity index (χ4n) is 1.34. The Hall–Kier alpha value is -1.10. The van der Waals surface area contributed by atoms with Crippen LogP contribution in [0, 0.1) is 3.57 Å². The van der Waals surface area contributed by atoms with E-state index in [2.05, 4.69) is 22.6 Å². The minimum Gasteiger partial charge on any atom is -0.469 e. The summed E-state index contributed by atoms with van der Waals surface area (Å²) in [6.45, 7) is 0. The zero-order chi connectivity index (χ0) is 10.7. The van der Waals surface area contributed by atoms with Gasteiger partial charge in [0.1, 0.15) is 5.76 Å². The van der Waals surface area contributed by atoms with Gasteiger partial charge in [-0.25, -0.2) is 0 Å². The molecule has 0 saturated carbocycles. The largest absolute Gasteiger partial charge is 0.469 e. The fourth-order valence-corrected chi connectivity index (χ4v) is 1.88. The number of carbonyl (C=O) groups is 1. The van der Waals surface area contributed by atoms with E-state index in [1.165, 1.54) is 0 Å². The Morgan fingerprint density at radius 2 is 2.13 bits per heavy atom. The highest BCUT2D eigenvalue weighted by atomic mass is 127. The van der Waals surface area contributed by atoms with Gasteiger partial charge in [0.2, 0.25) is 0 Å². The number of furan rings is 1. The van der Waals surface area contributed by atoms with Gasteiger partial charge in [-0.05, 0) is 46.9 Å². The van der Waals surface area contributed by atoms with Crippen molar-refractivity contribution in [2.45, 2.75) is 6.42 Å². The molecule has 0 aliphatic heterocycles. The maximum absolute atomic E-state index is 11.8. The lowest BCUT2D eigenvalue weighted by atomic mass is 10.1. The molecule has 0 atom stereocenters. The third-order valence-corrected chi connectivity index (χ3v) is 2.73. The van der Waals surface area contributed by atoms with Crippen molar-refractivity contribution in [3.8, 4) is 0 Å². The lowest BCUT2D eigenvalue weighted by Gasteiger charge is -1.99. The molecule has 0 aliphatic carbocycles. The van der Waals surface area contributed by atoms with E-state index in [0.717, 1.165) is 9.13 Å². The van der Waals surface area contributed by atoms with E-state index in [1.54, 1.807) is 12.3 Å². The molecule has 0 fully saturated rings. The molecule has 0 saturated heterocycles. The van der Waals surface area contributed by atoms with Crippen LogP contribution in [0.25, 0.3) is 0 Å². The topological polar surface area (TPSA) is 30.2 Å². The number of Topliss-reactive ketones (excluding diaryl/α,β-unsaturated/α-hetero) is 1. The number of halogens is 1. The summed E-state index contributed by atoms with van der Waals surface area (Å²) in [5.41, 5.74) is 0.735. The highest BCUT2D eigenvalue weighted by molar-refractivity contribution is 14.1. The summed E-state index contributed by atoms with van der Waals surface area (Å²) in [5, 5.41) is 0. The molecule has 1 heterocycles. The summed E-state index contributed by atoms with van der Waals surface area (Å²) in [4.78, 5) is 11.8. The van der Waals surface area contributed by atoms with E-state index in [1.807, 2.05) is 30.3 Å². The van der Waals surface area contributed by atoms with E-state index in [4.69, 9.17) is 4.42 Å². The van der Waals surface area contributed by atoms with E-state index >= 15 is 0 Å². The molecule has 15 heavy (non-hydrogen) atoms. The van der Waals surface area contributed by atoms with Gasteiger partial charge < -0.3 is 4.42 Å². The first kappa shape index (κ1) is 10.4. The number of ketones is 1. The lowest BCUT2D eigenvalue weighted by Crippen LogP contribution is -2.02. The number of carbonyl (C=O) groups excluding carboxylic acids is 1. The molecular weight excluding hydrogens is 303 g/mol. The first-order valence-electron chi connectivity index (χ1n) is 4.57. The first-order chi connectivity index (χ1) is 7.25. The highest BCUT2D eigenvalue weighted by Crippen LogP contribution is 2.11. The normalized spacial score (nSPS) is 10.2. The molecule has 0 N–H and O–H groups in total. The summed E-state index contributed by atoms with van der Waals surface area (Å²) in [7, 11) is 0. The van der Waals surface area contributed by atoms with Crippen LogP contribution >= 0.6 is 22.6 Å². The zero-order valence-electron chi connectivity index (χ0n) is 7.94. The quantitative estimate of drug-likeness (QED) is 0.643. The average molecular weight is 312 g/mol. The first-order valence-corrected chi connectivity index (χ1v) is 5.65. The number of rotatable bonds is 3. The number of hydrogen-bond donors (Lipinski definition) is 0. The molecule has 76 valence electrons. The Kier molecular flexibility index (Phi) is 3.20. The van der Waals surface area contributed by atoms with Crippen molar-refractivity contribution in [3.05, 3.63) is 57.6 Å². The second-order valence-corrected chi connectivity index (χ2v) is 4.44. The Balaban J connectivity index is 2.15. The van der Waals surface area contributed by atoms with Gasteiger partial charge in [0.15, 0.2) is 5.78 Å². The van der Waals surface area contributed by atoms with E-state index in [-0.39, 0.29) is 5.78 Å². The van der Waals surface area contributed by atoms with Gasteiger partial charge in [-0.3, -0.25) is 4.79 Å². The lowest BCUT2D eigenvalue weighted by molar-refractivity contribution is 0.0987. The predicted octanol–water partition coefficient (Wildman–Crippen LogP) is 3.31. The summed E-state index contributed by atoms with van der Waals surface area (Å²) in [5.74, 6) is 0.794. The molecule has 0 amide bonds. The smallest absolute Gasteiger partial charge is 0.170 e. The highest BCUT2D eigenvalue weighted by Gasteiger charge is 2.08. The summed E-state index contributed by atoms with van der Waals surface area (Å²) in [6.07, 6.45) is 1.91. The Bertz CT molecular complexity index is 460. The van der Waals surface area contributed by atoms with Crippen LogP contribution in [0.15, 0.2) is 47.1 Å². The Labute approximate surface area is 101 Å². The van der Waals surface area contributed by atoms with Gasteiger partial charge in [-0.1, -0.05) is 12.1 Å². The minimum atomic E-state index is 0.0865. The van der Waals surface area contributed by atoms with Crippen LogP contribution in [-0.4, -0.2) is 5.78 Å². The third kappa shape index (κ3) is 2.68. The van der Waals surface area contributed by atoms with E-state index < -0.39 is 0 Å². The monoisotopic (exact) mass is 312 g/mol. The summed E-state index contributed by atoms with van der Waals surface area (Å²) < 4.78 is 6.20. The van der Waals surface area contributed by atoms with Crippen molar-refractivity contribution in [1.29, 1.82) is 0 Å². The van der Waals surface area contributed by atoms with E-state index in [0.29, 0.717) is 12.2 Å². The van der Waals surface area contributed by atoms with Crippen LogP contribution in [0.5, 0.6) is 0 Å². The van der Waals surface area contributed by atoms with Gasteiger partial charge in [0.25, 0.3) is 0 Å². The van der Waals surface area contributed by atoms with Crippen molar-refractivity contribution < 1.29 is 9.21 Å². The molecule has 0 radical (unpaired) electrons. The minimum absolute atomic E-state index is 0.0865. The van der Waals surface area contributed by atoms with Crippen molar-refractivity contribution in [3.63, 3.8) is 0 Å². The van der Waals surface area contributed by atoms with Crippen LogP contribution in [-0.2, 0) is 6.42 Å². The molecular formula is C12H9IO2. The molecule has 0 bridgehead atoms. The number of benzene rings is 1. The van der Waals surface area contributed by atoms with Crippen molar-refractivity contribution in [1.82, 2.24) is 0 Å². The fraction of sp³-hybridized carbons (Fsp3) is 0.0833. The Morgan fingerprint density at radius 3 is 2.80 bits per heavy atom. The summed E-state index contributed by atoms with van der Waals surface area (Å²) in [6, 6.07) is 11.2. The molecule has 0 aliphatic rings. The van der Waals surface area contributed by atoms with Crippen LogP contribution in [0.3, 0.4) is 0 Å². The second kappa shape index (κ2) is 4.61. The molecule has 1 aromatic heterocycles. The maximum Gasteiger partial charge on any atom is 0.170 e. The van der Waals surface area contributed by atoms with E-state index in [9.17, 15) is 4.79 Å². The molecule has 0 unspecified atom stereocenters.